The molecule has 0 aliphatic rings. The van der Waals surface area contributed by atoms with Gasteiger partial charge in [-0.1, -0.05) is 0 Å². The van der Waals surface area contributed by atoms with Crippen LogP contribution in [0.2, 0.25) is 0 Å². The predicted octanol–water partition coefficient (Wildman–Crippen LogP) is 3.41. The van der Waals surface area contributed by atoms with Gasteiger partial charge in [-0.25, -0.2) is 0 Å². The van der Waals surface area contributed by atoms with Crippen LogP contribution in [0.5, 0.6) is 0 Å². The van der Waals surface area contributed by atoms with E-state index in [0.717, 1.165) is 0 Å². The van der Waals surface area contributed by atoms with Gasteiger partial charge in [0.2, 0.25) is 0 Å². The third kappa shape index (κ3) is 2.77. The molecular weight excluding hydrogens is 292 g/mol. The Hall–Kier alpha value is -1.25. The maximum absolute atomic E-state index is 12.5. The lowest BCUT2D eigenvalue weighted by atomic mass is 10.3. The second-order valence-electron chi connectivity index (χ2n) is 2.66. The largest absolute Gasteiger partial charge is 0.455 e. The lowest BCUT2D eigenvalue weighted by molar-refractivity contribution is -0.447. The Morgan fingerprint density at radius 2 is 1.28 bits per heavy atom. The van der Waals surface area contributed by atoms with Crippen molar-refractivity contribution in [2.24, 2.45) is 0 Å². The molecule has 12 heteroatoms. The molecule has 1 radical (unpaired) electrons. The molecule has 0 aliphatic carbocycles. The van der Waals surface area contributed by atoms with Gasteiger partial charge in [-0.3, -0.25) is 4.74 Å². The number of nitriles is 1. The van der Waals surface area contributed by atoms with Crippen molar-refractivity contribution in [3.05, 3.63) is 6.43 Å². The van der Waals surface area contributed by atoms with Crippen molar-refractivity contribution >= 4 is 0 Å². The molecule has 1 atom stereocenters. The summed E-state index contributed by atoms with van der Waals surface area (Å²) >= 11 is 0. The summed E-state index contributed by atoms with van der Waals surface area (Å²) < 4.78 is 122. The van der Waals surface area contributed by atoms with Crippen molar-refractivity contribution in [1.29, 1.82) is 5.26 Å². The van der Waals surface area contributed by atoms with Crippen molar-refractivity contribution in [2.45, 2.75) is 24.1 Å². The fraction of sp³-hybridized carbons (Fsp3) is 0.667. The van der Waals surface area contributed by atoms with Crippen LogP contribution in [-0.2, 0) is 4.74 Å². The molecule has 0 fully saturated rings. The molecule has 2 nitrogen and oxygen atoms in total. The number of nitrogens with zero attached hydrogens (tertiary/aromatic N) is 1. The van der Waals surface area contributed by atoms with E-state index in [1.165, 1.54) is 0 Å². The van der Waals surface area contributed by atoms with Gasteiger partial charge in [-0.15, -0.1) is 0 Å². The molecule has 0 N–H and O–H groups in total. The number of hydrogen-bond donors (Lipinski definition) is 0. The first-order valence-corrected chi connectivity index (χ1v) is 3.52. The van der Waals surface area contributed by atoms with Crippen LogP contribution in [0.25, 0.3) is 0 Å². The van der Waals surface area contributed by atoms with Gasteiger partial charge in [0.25, 0.3) is 0 Å². The van der Waals surface area contributed by atoms with Crippen molar-refractivity contribution in [2.75, 3.05) is 0 Å². The molecule has 0 bridgehead atoms. The molecule has 0 spiro atoms. The number of alkyl halides is 8. The molecule has 0 saturated heterocycles. The highest BCUT2D eigenvalue weighted by molar-refractivity contribution is 5.01. The number of halogens is 10. The van der Waals surface area contributed by atoms with Crippen LogP contribution in [0.15, 0.2) is 0 Å². The lowest BCUT2D eigenvalue weighted by Crippen LogP contribution is -2.55. The van der Waals surface area contributed by atoms with Crippen molar-refractivity contribution < 1.29 is 48.6 Å². The minimum absolute atomic E-state index is 0.502. The van der Waals surface area contributed by atoms with Gasteiger partial charge in [-0.2, -0.15) is 49.2 Å². The van der Waals surface area contributed by atoms with Crippen LogP contribution in [0.4, 0.5) is 43.9 Å². The van der Waals surface area contributed by atoms with Gasteiger partial charge < -0.3 is 0 Å². The minimum atomic E-state index is -6.75. The highest BCUT2D eigenvalue weighted by Crippen LogP contribution is 2.49. The van der Waals surface area contributed by atoms with Crippen molar-refractivity contribution in [3.8, 4) is 6.07 Å². The van der Waals surface area contributed by atoms with Gasteiger partial charge in [0.1, 0.15) is 6.07 Å². The highest BCUT2D eigenvalue weighted by atomic mass is 19.4. The molecule has 1 unspecified atom stereocenters. The first-order chi connectivity index (χ1) is 7.71. The smallest absolute Gasteiger partial charge is 0.264 e. The Morgan fingerprint density at radius 1 is 0.889 bits per heavy atom. The van der Waals surface area contributed by atoms with Crippen molar-refractivity contribution in [3.63, 3.8) is 0 Å². The SMILES string of the molecule is N#CC(F)(F)C(F)(F)OC(F)([C](F)F)C(F)(F)F. The fourth-order valence-electron chi connectivity index (χ4n) is 0.509. The van der Waals surface area contributed by atoms with E-state index in [0.29, 0.717) is 0 Å². The average Bonchev–Trinajstić information content (AvgIpc) is 2.14. The first kappa shape index (κ1) is 16.8. The summed E-state index contributed by atoms with van der Waals surface area (Å²) in [5.41, 5.74) is 0. The Balaban J connectivity index is 5.47. The van der Waals surface area contributed by atoms with Gasteiger partial charge >= 0.3 is 30.5 Å². The molecule has 0 aromatic rings. The van der Waals surface area contributed by atoms with E-state index in [1.807, 2.05) is 4.74 Å². The maximum Gasteiger partial charge on any atom is 0.455 e. The van der Waals surface area contributed by atoms with E-state index >= 15 is 0 Å². The third-order valence-electron chi connectivity index (χ3n) is 1.38. The zero-order valence-corrected chi connectivity index (χ0v) is 7.64. The first-order valence-electron chi connectivity index (χ1n) is 3.52. The molecule has 0 aliphatic heterocycles. The summed E-state index contributed by atoms with van der Waals surface area (Å²) in [5, 5.41) is 7.51. The van der Waals surface area contributed by atoms with Crippen LogP contribution in [0.3, 0.4) is 0 Å². The highest BCUT2D eigenvalue weighted by Gasteiger charge is 2.74. The van der Waals surface area contributed by atoms with Crippen LogP contribution in [-0.4, -0.2) is 24.1 Å². The molecule has 0 saturated carbocycles. The average molecular weight is 292 g/mol. The maximum atomic E-state index is 12.5. The Bertz CT molecular complexity index is 343. The number of ether oxygens (including phenoxy) is 1. The number of hydrogen-bond acceptors (Lipinski definition) is 2. The monoisotopic (exact) mass is 292 g/mol. The van der Waals surface area contributed by atoms with Gasteiger partial charge in [0, 0.05) is 0 Å². The molecule has 0 heterocycles. The molecule has 0 amide bonds. The summed E-state index contributed by atoms with van der Waals surface area (Å²) in [5.74, 6) is -12.4. The van der Waals surface area contributed by atoms with E-state index in [2.05, 4.69) is 0 Å². The zero-order valence-electron chi connectivity index (χ0n) is 7.64. The molecule has 0 aromatic carbocycles. The third-order valence-corrected chi connectivity index (χ3v) is 1.38. The second-order valence-corrected chi connectivity index (χ2v) is 2.66. The van der Waals surface area contributed by atoms with E-state index in [4.69, 9.17) is 5.26 Å². The van der Waals surface area contributed by atoms with Gasteiger partial charge in [0.05, 0.1) is 0 Å². The van der Waals surface area contributed by atoms with Crippen molar-refractivity contribution in [1.82, 2.24) is 0 Å². The zero-order chi connectivity index (χ0) is 15.0. The van der Waals surface area contributed by atoms with E-state index in [-0.39, 0.29) is 0 Å². The Kier molecular flexibility index (Phi) is 4.14. The van der Waals surface area contributed by atoms with Crippen LogP contribution in [0.1, 0.15) is 0 Å². The Morgan fingerprint density at radius 3 is 1.50 bits per heavy atom. The quantitative estimate of drug-likeness (QED) is 0.744. The van der Waals surface area contributed by atoms with Gasteiger partial charge in [0.15, 0.2) is 0 Å². The minimum Gasteiger partial charge on any atom is -0.264 e. The second kappa shape index (κ2) is 4.45. The fourth-order valence-corrected chi connectivity index (χ4v) is 0.509. The van der Waals surface area contributed by atoms with E-state index in [9.17, 15) is 43.9 Å². The normalized spacial score (nSPS) is 17.4. The topological polar surface area (TPSA) is 33.0 Å². The van der Waals surface area contributed by atoms with E-state index < -0.39 is 36.6 Å². The summed E-state index contributed by atoms with van der Waals surface area (Å²) in [6, 6.07) is -0.502. The molecule has 0 rings (SSSR count). The van der Waals surface area contributed by atoms with E-state index in [1.54, 1.807) is 0 Å². The predicted molar refractivity (Wildman–Crippen MR) is 31.9 cm³/mol. The van der Waals surface area contributed by atoms with Gasteiger partial charge in [-0.05, 0) is 0 Å². The molecular formula is C6F10NO. The molecule has 0 aromatic heterocycles. The molecule has 18 heavy (non-hydrogen) atoms. The van der Waals surface area contributed by atoms with Crippen LogP contribution >= 0.6 is 0 Å². The summed E-state index contributed by atoms with van der Waals surface area (Å²) in [6.07, 6.45) is -17.5. The standard InChI is InChI=1S/C6F10NO/c7-2(8)4(11,5(12,13)14)18-6(15,16)3(9,10)1-17. The van der Waals surface area contributed by atoms with Crippen LogP contribution < -0.4 is 0 Å². The number of rotatable bonds is 4. The Labute approximate surface area is 91.7 Å². The lowest BCUT2D eigenvalue weighted by Gasteiger charge is -2.30. The summed E-state index contributed by atoms with van der Waals surface area (Å²) in [6.45, 7) is 0. The molecule has 105 valence electrons. The summed E-state index contributed by atoms with van der Waals surface area (Å²) in [7, 11) is 0. The van der Waals surface area contributed by atoms with Crippen LogP contribution in [0, 0.1) is 17.8 Å². The summed E-state index contributed by atoms with van der Waals surface area (Å²) in [4.78, 5) is 0.